The zero-order chi connectivity index (χ0) is 15.6. The molecule has 5 atom stereocenters. The van der Waals surface area contributed by atoms with Gasteiger partial charge in [-0.1, -0.05) is 25.1 Å². The van der Waals surface area contributed by atoms with Crippen molar-refractivity contribution in [3.8, 4) is 0 Å². The summed E-state index contributed by atoms with van der Waals surface area (Å²) >= 11 is 0. The first-order chi connectivity index (χ1) is 11.2. The molecule has 2 aliphatic heterocycles. The van der Waals surface area contributed by atoms with Crippen molar-refractivity contribution < 1.29 is 5.11 Å². The van der Waals surface area contributed by atoms with Crippen molar-refractivity contribution >= 4 is 10.9 Å². The Morgan fingerprint density at radius 1 is 1.22 bits per heavy atom. The number of nitrogens with one attached hydrogen (secondary N) is 1. The summed E-state index contributed by atoms with van der Waals surface area (Å²) < 4.78 is 0. The highest BCUT2D eigenvalue weighted by atomic mass is 16.3. The fourth-order valence-corrected chi connectivity index (χ4v) is 5.62. The number of para-hydroxylation sites is 1. The van der Waals surface area contributed by atoms with Gasteiger partial charge in [0, 0.05) is 29.7 Å². The molecule has 2 fully saturated rings. The zero-order valence-electron chi connectivity index (χ0n) is 13.8. The molecule has 3 heteroatoms. The Labute approximate surface area is 137 Å². The van der Waals surface area contributed by atoms with E-state index in [2.05, 4.69) is 41.1 Å². The Kier molecular flexibility index (Phi) is 3.11. The van der Waals surface area contributed by atoms with Gasteiger partial charge in [-0.25, -0.2) is 0 Å². The van der Waals surface area contributed by atoms with Crippen LogP contribution in [-0.2, 0) is 6.42 Å². The Balaban J connectivity index is 1.54. The van der Waals surface area contributed by atoms with Gasteiger partial charge in [-0.2, -0.15) is 0 Å². The van der Waals surface area contributed by atoms with Crippen molar-refractivity contribution in [2.24, 2.45) is 17.8 Å². The van der Waals surface area contributed by atoms with Crippen LogP contribution >= 0.6 is 0 Å². The molecule has 0 amide bonds. The number of hydrogen-bond acceptors (Lipinski definition) is 2. The molecule has 3 nitrogen and oxygen atoms in total. The number of aromatic amines is 1. The van der Waals surface area contributed by atoms with Crippen molar-refractivity contribution in [3.05, 3.63) is 35.5 Å². The summed E-state index contributed by atoms with van der Waals surface area (Å²) in [5.74, 6) is 1.92. The minimum atomic E-state index is -0.0893. The largest absolute Gasteiger partial charge is 0.393 e. The van der Waals surface area contributed by atoms with E-state index in [-0.39, 0.29) is 6.10 Å². The summed E-state index contributed by atoms with van der Waals surface area (Å²) in [6.07, 6.45) is 4.50. The van der Waals surface area contributed by atoms with Crippen molar-refractivity contribution in [1.29, 1.82) is 0 Å². The lowest BCUT2D eigenvalue weighted by Crippen LogP contribution is -2.50. The number of nitrogens with zero attached hydrogens (tertiary/aromatic N) is 1. The number of aliphatic hydroxyl groups excluding tert-OH is 1. The fourth-order valence-electron chi connectivity index (χ4n) is 5.62. The molecule has 3 aliphatic rings. The van der Waals surface area contributed by atoms with Crippen LogP contribution in [0.4, 0.5) is 0 Å². The van der Waals surface area contributed by atoms with Crippen molar-refractivity contribution in [1.82, 2.24) is 9.88 Å². The van der Waals surface area contributed by atoms with E-state index < -0.39 is 0 Å². The number of fused-ring (bicyclic) bond motifs is 6. The first-order valence-electron chi connectivity index (χ1n) is 9.24. The maximum absolute atomic E-state index is 10.3. The van der Waals surface area contributed by atoms with Crippen molar-refractivity contribution in [2.45, 2.75) is 44.8 Å². The van der Waals surface area contributed by atoms with Gasteiger partial charge in [-0.15, -0.1) is 0 Å². The molecule has 0 radical (unpaired) electrons. The zero-order valence-corrected chi connectivity index (χ0v) is 13.8. The van der Waals surface area contributed by atoms with Crippen LogP contribution in [0.5, 0.6) is 0 Å². The number of aromatic nitrogens is 1. The van der Waals surface area contributed by atoms with Gasteiger partial charge in [-0.05, 0) is 55.1 Å². The third-order valence-corrected chi connectivity index (χ3v) is 6.96. The first kappa shape index (κ1) is 14.1. The molecule has 1 saturated carbocycles. The van der Waals surface area contributed by atoms with Gasteiger partial charge in [0.15, 0.2) is 0 Å². The molecule has 1 aromatic heterocycles. The van der Waals surface area contributed by atoms with E-state index in [0.29, 0.717) is 17.9 Å². The molecule has 0 bridgehead atoms. The molecule has 2 aromatic rings. The molecule has 122 valence electrons. The number of aliphatic hydroxyl groups is 1. The maximum atomic E-state index is 10.3. The lowest BCUT2D eigenvalue weighted by Gasteiger charge is -2.51. The normalized spacial score (nSPS) is 37.2. The summed E-state index contributed by atoms with van der Waals surface area (Å²) in [6.45, 7) is 4.69. The van der Waals surface area contributed by atoms with Gasteiger partial charge in [0.2, 0.25) is 0 Å². The SMILES string of the molecule is C[C@H]1[C@@H]2C[C@@H]3c4[nH]c5ccccc5c4CCN3C[C@@H]2CC[C@H]1O. The van der Waals surface area contributed by atoms with Gasteiger partial charge in [0.1, 0.15) is 0 Å². The summed E-state index contributed by atoms with van der Waals surface area (Å²) in [4.78, 5) is 6.44. The maximum Gasteiger partial charge on any atom is 0.0568 e. The Morgan fingerprint density at radius 3 is 3.00 bits per heavy atom. The topological polar surface area (TPSA) is 39.3 Å². The van der Waals surface area contributed by atoms with Crippen LogP contribution in [-0.4, -0.2) is 34.2 Å². The Bertz CT molecular complexity index is 736. The van der Waals surface area contributed by atoms with Crippen LogP contribution in [0.3, 0.4) is 0 Å². The molecule has 23 heavy (non-hydrogen) atoms. The van der Waals surface area contributed by atoms with Crippen LogP contribution in [0.15, 0.2) is 24.3 Å². The van der Waals surface area contributed by atoms with Gasteiger partial charge >= 0.3 is 0 Å². The Morgan fingerprint density at radius 2 is 2.09 bits per heavy atom. The summed E-state index contributed by atoms with van der Waals surface area (Å²) in [5.41, 5.74) is 4.30. The number of piperidine rings is 1. The predicted octanol–water partition coefficient (Wildman–Crippen LogP) is 3.49. The van der Waals surface area contributed by atoms with E-state index in [1.54, 1.807) is 5.56 Å². The second-order valence-electron chi connectivity index (χ2n) is 7.99. The second-order valence-corrected chi connectivity index (χ2v) is 7.99. The fraction of sp³-hybridized carbons (Fsp3) is 0.600. The lowest BCUT2D eigenvalue weighted by molar-refractivity contribution is -0.0492. The van der Waals surface area contributed by atoms with Crippen molar-refractivity contribution in [3.63, 3.8) is 0 Å². The standard InChI is InChI=1S/C20H26N2O/c1-12-16-10-18-20-15(14-4-2-3-5-17(14)21-20)8-9-22(18)11-13(16)6-7-19(12)23/h2-5,12-13,16,18-19,21,23H,6-11H2,1H3/t12-,13-,16-,18+,19+/m0/s1. The smallest absolute Gasteiger partial charge is 0.0568 e. The van der Waals surface area contributed by atoms with Crippen molar-refractivity contribution in [2.75, 3.05) is 13.1 Å². The number of rotatable bonds is 0. The van der Waals surface area contributed by atoms with E-state index in [9.17, 15) is 5.11 Å². The summed E-state index contributed by atoms with van der Waals surface area (Å²) in [6, 6.07) is 9.27. The van der Waals surface area contributed by atoms with E-state index >= 15 is 0 Å². The highest BCUT2D eigenvalue weighted by molar-refractivity contribution is 5.85. The molecule has 1 saturated heterocycles. The number of benzene rings is 1. The molecular weight excluding hydrogens is 284 g/mol. The predicted molar refractivity (Wildman–Crippen MR) is 92.3 cm³/mol. The van der Waals surface area contributed by atoms with E-state index in [1.165, 1.54) is 48.9 Å². The van der Waals surface area contributed by atoms with Gasteiger partial charge in [0.05, 0.1) is 12.1 Å². The van der Waals surface area contributed by atoms with E-state index in [0.717, 1.165) is 12.3 Å². The molecule has 3 heterocycles. The Hall–Kier alpha value is -1.32. The summed E-state index contributed by atoms with van der Waals surface area (Å²) in [7, 11) is 0. The van der Waals surface area contributed by atoms with Crippen LogP contribution in [0, 0.1) is 17.8 Å². The molecule has 0 spiro atoms. The lowest BCUT2D eigenvalue weighted by atomic mass is 9.65. The first-order valence-corrected chi connectivity index (χ1v) is 9.24. The minimum absolute atomic E-state index is 0.0893. The molecule has 0 unspecified atom stereocenters. The monoisotopic (exact) mass is 310 g/mol. The minimum Gasteiger partial charge on any atom is -0.393 e. The number of H-pyrrole nitrogens is 1. The second kappa shape index (κ2) is 5.09. The molecular formula is C20H26N2O. The highest BCUT2D eigenvalue weighted by Gasteiger charge is 2.45. The van der Waals surface area contributed by atoms with Crippen LogP contribution in [0.25, 0.3) is 10.9 Å². The molecule has 1 aromatic carbocycles. The number of hydrogen-bond donors (Lipinski definition) is 2. The quantitative estimate of drug-likeness (QED) is 0.782. The van der Waals surface area contributed by atoms with Crippen LogP contribution < -0.4 is 0 Å². The summed E-state index contributed by atoms with van der Waals surface area (Å²) in [5, 5.41) is 11.7. The van der Waals surface area contributed by atoms with Gasteiger partial charge in [0.25, 0.3) is 0 Å². The molecule has 5 rings (SSSR count). The van der Waals surface area contributed by atoms with Gasteiger partial charge < -0.3 is 10.1 Å². The van der Waals surface area contributed by atoms with Gasteiger partial charge in [-0.3, -0.25) is 4.90 Å². The molecule has 1 aliphatic carbocycles. The third-order valence-electron chi connectivity index (χ3n) is 6.96. The third kappa shape index (κ3) is 2.03. The highest BCUT2D eigenvalue weighted by Crippen LogP contribution is 2.48. The average molecular weight is 310 g/mol. The van der Waals surface area contributed by atoms with Crippen LogP contribution in [0.1, 0.15) is 43.5 Å². The van der Waals surface area contributed by atoms with E-state index in [4.69, 9.17) is 0 Å². The average Bonchev–Trinajstić information content (AvgIpc) is 2.96. The van der Waals surface area contributed by atoms with E-state index in [1.807, 2.05) is 0 Å². The van der Waals surface area contributed by atoms with Crippen LogP contribution in [0.2, 0.25) is 0 Å². The molecule has 2 N–H and O–H groups in total.